The molecule has 2 nitrogen and oxygen atoms in total. The Hall–Kier alpha value is -2.23. The summed E-state index contributed by atoms with van der Waals surface area (Å²) < 4.78 is 26.2. The Morgan fingerprint density at radius 3 is 2.00 bits per heavy atom. The van der Waals surface area contributed by atoms with Gasteiger partial charge in [0.2, 0.25) is 5.91 Å². The summed E-state index contributed by atoms with van der Waals surface area (Å²) in [4.78, 5) is 14.9. The van der Waals surface area contributed by atoms with E-state index in [1.165, 1.54) is 24.3 Å². The summed E-state index contributed by atoms with van der Waals surface area (Å²) in [6.45, 7) is 0.726. The van der Waals surface area contributed by atoms with Gasteiger partial charge in [0.15, 0.2) is 0 Å². The summed E-state index contributed by atoms with van der Waals surface area (Å²) in [5.74, 6) is -0.439. The zero-order valence-electron chi connectivity index (χ0n) is 12.6. The van der Waals surface area contributed by atoms with Gasteiger partial charge < -0.3 is 4.90 Å². The Kier molecular flexibility index (Phi) is 3.22. The number of likely N-dealkylation sites (tertiary alicyclic amines) is 1. The van der Waals surface area contributed by atoms with E-state index in [0.717, 1.165) is 36.9 Å². The second-order valence-corrected chi connectivity index (χ2v) is 6.44. The van der Waals surface area contributed by atoms with Gasteiger partial charge >= 0.3 is 0 Å². The van der Waals surface area contributed by atoms with Gasteiger partial charge in [0, 0.05) is 6.54 Å². The van der Waals surface area contributed by atoms with Gasteiger partial charge in [-0.25, -0.2) is 8.78 Å². The van der Waals surface area contributed by atoms with Crippen molar-refractivity contribution in [2.45, 2.75) is 30.7 Å². The molecule has 0 aromatic heterocycles. The quantitative estimate of drug-likeness (QED) is 0.839. The lowest BCUT2D eigenvalue weighted by Crippen LogP contribution is -2.49. The van der Waals surface area contributed by atoms with E-state index in [0.29, 0.717) is 0 Å². The SMILES string of the molecule is O=C(N1CCC1c1ccc(F)cc1)C1(c2ccc(F)cc2)CC1. The van der Waals surface area contributed by atoms with Crippen molar-refractivity contribution in [3.63, 3.8) is 0 Å². The first kappa shape index (κ1) is 14.4. The summed E-state index contributed by atoms with van der Waals surface area (Å²) in [7, 11) is 0. The number of amides is 1. The fraction of sp³-hybridized carbons (Fsp3) is 0.316. The normalized spacial score (nSPS) is 21.7. The Bertz CT molecular complexity index is 735. The highest BCUT2D eigenvalue weighted by molar-refractivity contribution is 5.92. The first-order valence-electron chi connectivity index (χ1n) is 7.93. The van der Waals surface area contributed by atoms with Crippen LogP contribution in [0.1, 0.15) is 36.4 Å². The molecule has 0 bridgehead atoms. The van der Waals surface area contributed by atoms with Crippen molar-refractivity contribution in [3.05, 3.63) is 71.3 Å². The molecule has 4 heteroatoms. The molecular formula is C19H17F2NO. The van der Waals surface area contributed by atoms with Crippen molar-refractivity contribution in [2.75, 3.05) is 6.54 Å². The first-order chi connectivity index (χ1) is 11.1. The van der Waals surface area contributed by atoms with Crippen LogP contribution in [0.4, 0.5) is 8.78 Å². The van der Waals surface area contributed by atoms with Crippen LogP contribution >= 0.6 is 0 Å². The van der Waals surface area contributed by atoms with Crippen molar-refractivity contribution in [3.8, 4) is 0 Å². The summed E-state index contributed by atoms with van der Waals surface area (Å²) in [6, 6.07) is 12.6. The molecule has 0 N–H and O–H groups in total. The van der Waals surface area contributed by atoms with E-state index in [1.807, 2.05) is 4.90 Å². The highest BCUT2D eigenvalue weighted by Crippen LogP contribution is 2.52. The van der Waals surface area contributed by atoms with Crippen molar-refractivity contribution >= 4 is 5.91 Å². The van der Waals surface area contributed by atoms with Gasteiger partial charge in [-0.3, -0.25) is 4.79 Å². The van der Waals surface area contributed by atoms with Crippen LogP contribution in [-0.2, 0) is 10.2 Å². The fourth-order valence-electron chi connectivity index (χ4n) is 3.46. The largest absolute Gasteiger partial charge is 0.335 e. The monoisotopic (exact) mass is 313 g/mol. The fourth-order valence-corrected chi connectivity index (χ4v) is 3.46. The van der Waals surface area contributed by atoms with Gasteiger partial charge in [-0.1, -0.05) is 24.3 Å². The molecule has 1 saturated carbocycles. The first-order valence-corrected chi connectivity index (χ1v) is 7.93. The van der Waals surface area contributed by atoms with Crippen LogP contribution in [0.15, 0.2) is 48.5 Å². The molecule has 1 unspecified atom stereocenters. The number of halogens is 2. The average molecular weight is 313 g/mol. The highest BCUT2D eigenvalue weighted by atomic mass is 19.1. The standard InChI is InChI=1S/C19H17F2NO/c20-15-5-1-13(2-6-15)17-9-12-22(17)18(23)19(10-11-19)14-3-7-16(21)8-4-14/h1-8,17H,9-12H2. The molecule has 0 radical (unpaired) electrons. The molecular weight excluding hydrogens is 296 g/mol. The molecule has 2 aromatic rings. The van der Waals surface area contributed by atoms with E-state index in [9.17, 15) is 13.6 Å². The molecule has 23 heavy (non-hydrogen) atoms. The number of carbonyl (C=O) groups is 1. The molecule has 2 aromatic carbocycles. The molecule has 0 spiro atoms. The van der Waals surface area contributed by atoms with Gasteiger partial charge in [0.25, 0.3) is 0 Å². The molecule has 1 aliphatic carbocycles. The topological polar surface area (TPSA) is 20.3 Å². The predicted molar refractivity (Wildman–Crippen MR) is 82.8 cm³/mol. The molecule has 4 rings (SSSR count). The Labute approximate surface area is 133 Å². The van der Waals surface area contributed by atoms with Crippen molar-refractivity contribution < 1.29 is 13.6 Å². The lowest BCUT2D eigenvalue weighted by molar-refractivity contribution is -0.142. The minimum absolute atomic E-state index is 0.0287. The van der Waals surface area contributed by atoms with Crippen LogP contribution < -0.4 is 0 Å². The number of hydrogen-bond donors (Lipinski definition) is 0. The van der Waals surface area contributed by atoms with Crippen LogP contribution in [0.5, 0.6) is 0 Å². The summed E-state index contributed by atoms with van der Waals surface area (Å²) in [6.07, 6.45) is 2.52. The molecule has 1 atom stereocenters. The third kappa shape index (κ3) is 2.33. The van der Waals surface area contributed by atoms with Crippen LogP contribution in [0.3, 0.4) is 0 Å². The highest BCUT2D eigenvalue weighted by Gasteiger charge is 2.55. The van der Waals surface area contributed by atoms with Crippen molar-refractivity contribution in [2.24, 2.45) is 0 Å². The smallest absolute Gasteiger partial charge is 0.233 e. The number of rotatable bonds is 3. The van der Waals surface area contributed by atoms with E-state index in [1.54, 1.807) is 24.3 Å². The number of nitrogens with zero attached hydrogens (tertiary/aromatic N) is 1. The van der Waals surface area contributed by atoms with Gasteiger partial charge in [0.1, 0.15) is 11.6 Å². The van der Waals surface area contributed by atoms with Gasteiger partial charge in [-0.05, 0) is 54.7 Å². The van der Waals surface area contributed by atoms with Crippen LogP contribution in [0.25, 0.3) is 0 Å². The molecule has 1 heterocycles. The molecule has 2 aliphatic rings. The van der Waals surface area contributed by atoms with Crippen LogP contribution in [0.2, 0.25) is 0 Å². The number of hydrogen-bond acceptors (Lipinski definition) is 1. The van der Waals surface area contributed by atoms with Crippen molar-refractivity contribution in [1.29, 1.82) is 0 Å². The summed E-state index contributed by atoms with van der Waals surface area (Å²) in [5, 5.41) is 0. The van der Waals surface area contributed by atoms with Crippen LogP contribution in [-0.4, -0.2) is 17.4 Å². The molecule has 1 saturated heterocycles. The van der Waals surface area contributed by atoms with E-state index in [4.69, 9.17) is 0 Å². The summed E-state index contributed by atoms with van der Waals surface area (Å²) >= 11 is 0. The number of carbonyl (C=O) groups excluding carboxylic acids is 1. The molecule has 1 amide bonds. The third-order valence-electron chi connectivity index (χ3n) is 5.09. The maximum Gasteiger partial charge on any atom is 0.233 e. The number of benzene rings is 2. The average Bonchev–Trinajstić information content (AvgIpc) is 3.31. The lowest BCUT2D eigenvalue weighted by atomic mass is 9.88. The minimum atomic E-state index is -0.480. The maximum absolute atomic E-state index is 13.1. The van der Waals surface area contributed by atoms with Gasteiger partial charge in [-0.2, -0.15) is 0 Å². The van der Waals surface area contributed by atoms with Gasteiger partial charge in [0.05, 0.1) is 11.5 Å². The van der Waals surface area contributed by atoms with E-state index < -0.39 is 5.41 Å². The lowest BCUT2D eigenvalue weighted by Gasteiger charge is -2.43. The Balaban J connectivity index is 1.57. The zero-order chi connectivity index (χ0) is 16.0. The molecule has 1 aliphatic heterocycles. The summed E-state index contributed by atoms with van der Waals surface area (Å²) in [5.41, 5.74) is 1.39. The minimum Gasteiger partial charge on any atom is -0.335 e. The van der Waals surface area contributed by atoms with E-state index in [-0.39, 0.29) is 23.6 Å². The molecule has 2 fully saturated rings. The van der Waals surface area contributed by atoms with Crippen LogP contribution in [0, 0.1) is 11.6 Å². The van der Waals surface area contributed by atoms with E-state index >= 15 is 0 Å². The molecule has 118 valence electrons. The maximum atomic E-state index is 13.1. The second-order valence-electron chi connectivity index (χ2n) is 6.44. The Morgan fingerprint density at radius 1 is 0.957 bits per heavy atom. The van der Waals surface area contributed by atoms with E-state index in [2.05, 4.69) is 0 Å². The third-order valence-corrected chi connectivity index (χ3v) is 5.09. The predicted octanol–water partition coefficient (Wildman–Crippen LogP) is 3.97. The van der Waals surface area contributed by atoms with Gasteiger partial charge in [-0.15, -0.1) is 0 Å². The Morgan fingerprint density at radius 2 is 1.52 bits per heavy atom. The zero-order valence-corrected chi connectivity index (χ0v) is 12.6. The van der Waals surface area contributed by atoms with Crippen molar-refractivity contribution in [1.82, 2.24) is 4.90 Å². The second kappa shape index (κ2) is 5.15.